The lowest BCUT2D eigenvalue weighted by Gasteiger charge is -2.31. The summed E-state index contributed by atoms with van der Waals surface area (Å²) in [5, 5.41) is 9.49. The van der Waals surface area contributed by atoms with Crippen LogP contribution in [0, 0.1) is 0 Å². The molecule has 0 N–H and O–H groups in total. The van der Waals surface area contributed by atoms with Crippen molar-refractivity contribution in [3.63, 3.8) is 0 Å². The molecule has 1 fully saturated rings. The van der Waals surface area contributed by atoms with E-state index in [0.717, 1.165) is 49.0 Å². The average molecular weight is 327 g/mol. The number of nitrogens with zero attached hydrogens (tertiary/aromatic N) is 4. The highest BCUT2D eigenvalue weighted by molar-refractivity contribution is 6.30. The van der Waals surface area contributed by atoms with Crippen LogP contribution in [-0.4, -0.2) is 32.6 Å². The van der Waals surface area contributed by atoms with Crippen LogP contribution in [0.25, 0.3) is 5.65 Å². The van der Waals surface area contributed by atoms with Crippen LogP contribution in [0.1, 0.15) is 30.1 Å². The summed E-state index contributed by atoms with van der Waals surface area (Å²) in [6, 6.07) is 14.2. The molecular formula is C18H19ClN4. The van der Waals surface area contributed by atoms with Crippen LogP contribution in [0.2, 0.25) is 5.02 Å². The fourth-order valence-corrected chi connectivity index (χ4v) is 3.46. The van der Waals surface area contributed by atoms with Gasteiger partial charge in [-0.2, -0.15) is 0 Å². The molecule has 2 aromatic heterocycles. The van der Waals surface area contributed by atoms with Crippen LogP contribution in [0.5, 0.6) is 0 Å². The molecule has 5 heteroatoms. The predicted octanol–water partition coefficient (Wildman–Crippen LogP) is 3.76. The molecule has 0 amide bonds. The topological polar surface area (TPSA) is 33.4 Å². The van der Waals surface area contributed by atoms with E-state index in [-0.39, 0.29) is 0 Å². The van der Waals surface area contributed by atoms with Crippen LogP contribution in [0.15, 0.2) is 48.7 Å². The second kappa shape index (κ2) is 6.30. The van der Waals surface area contributed by atoms with Crippen LogP contribution in [0.4, 0.5) is 0 Å². The third-order valence-electron chi connectivity index (χ3n) is 4.61. The minimum absolute atomic E-state index is 0.494. The molecule has 1 aliphatic heterocycles. The summed E-state index contributed by atoms with van der Waals surface area (Å²) in [6.45, 7) is 3.18. The lowest BCUT2D eigenvalue weighted by atomic mass is 9.95. The van der Waals surface area contributed by atoms with Crippen LogP contribution < -0.4 is 0 Å². The number of hydrogen-bond donors (Lipinski definition) is 0. The Morgan fingerprint density at radius 2 is 1.78 bits per heavy atom. The van der Waals surface area contributed by atoms with Crippen molar-refractivity contribution in [1.82, 2.24) is 19.5 Å². The second-order valence-electron chi connectivity index (χ2n) is 6.16. The van der Waals surface area contributed by atoms with Crippen molar-refractivity contribution in [2.24, 2.45) is 0 Å². The molecule has 0 spiro atoms. The standard InChI is InChI=1S/C18H19ClN4/c19-16-6-4-14(5-7-16)13-22-11-8-15(9-12-22)18-21-20-17-3-1-2-10-23(17)18/h1-7,10,15H,8-9,11-13H2. The van der Waals surface area contributed by atoms with E-state index in [9.17, 15) is 0 Å². The van der Waals surface area contributed by atoms with Crippen molar-refractivity contribution in [1.29, 1.82) is 0 Å². The molecule has 0 atom stereocenters. The van der Waals surface area contributed by atoms with Crippen molar-refractivity contribution in [2.75, 3.05) is 13.1 Å². The highest BCUT2D eigenvalue weighted by atomic mass is 35.5. The van der Waals surface area contributed by atoms with E-state index >= 15 is 0 Å². The number of hydrogen-bond acceptors (Lipinski definition) is 3. The molecular weight excluding hydrogens is 308 g/mol. The highest BCUT2D eigenvalue weighted by Crippen LogP contribution is 2.27. The first-order valence-electron chi connectivity index (χ1n) is 8.06. The Morgan fingerprint density at radius 1 is 1.00 bits per heavy atom. The predicted molar refractivity (Wildman–Crippen MR) is 91.7 cm³/mol. The fraction of sp³-hybridized carbons (Fsp3) is 0.333. The zero-order valence-corrected chi connectivity index (χ0v) is 13.7. The Hall–Kier alpha value is -1.91. The Labute approximate surface area is 140 Å². The van der Waals surface area contributed by atoms with Gasteiger partial charge in [-0.3, -0.25) is 9.30 Å². The monoisotopic (exact) mass is 326 g/mol. The van der Waals surface area contributed by atoms with Gasteiger partial charge in [-0.1, -0.05) is 29.8 Å². The minimum Gasteiger partial charge on any atom is -0.299 e. The highest BCUT2D eigenvalue weighted by Gasteiger charge is 2.24. The van der Waals surface area contributed by atoms with E-state index in [1.54, 1.807) is 0 Å². The molecule has 4 nitrogen and oxygen atoms in total. The largest absolute Gasteiger partial charge is 0.299 e. The Morgan fingerprint density at radius 3 is 2.57 bits per heavy atom. The number of likely N-dealkylation sites (tertiary alicyclic amines) is 1. The molecule has 4 rings (SSSR count). The van der Waals surface area contributed by atoms with Gasteiger partial charge in [0, 0.05) is 23.7 Å². The lowest BCUT2D eigenvalue weighted by molar-refractivity contribution is 0.201. The quantitative estimate of drug-likeness (QED) is 0.734. The van der Waals surface area contributed by atoms with Crippen LogP contribution in [-0.2, 0) is 6.54 Å². The van der Waals surface area contributed by atoms with Crippen LogP contribution >= 0.6 is 11.6 Å². The van der Waals surface area contributed by atoms with Gasteiger partial charge in [0.05, 0.1) is 0 Å². The maximum Gasteiger partial charge on any atom is 0.160 e. The normalized spacial score (nSPS) is 16.9. The van der Waals surface area contributed by atoms with Gasteiger partial charge < -0.3 is 0 Å². The number of aromatic nitrogens is 3. The van der Waals surface area contributed by atoms with Gasteiger partial charge in [0.15, 0.2) is 5.65 Å². The van der Waals surface area contributed by atoms with E-state index in [4.69, 9.17) is 11.6 Å². The summed E-state index contributed by atoms with van der Waals surface area (Å²) in [4.78, 5) is 2.50. The summed E-state index contributed by atoms with van der Waals surface area (Å²) in [5.74, 6) is 1.60. The van der Waals surface area contributed by atoms with Crippen molar-refractivity contribution < 1.29 is 0 Å². The van der Waals surface area contributed by atoms with E-state index in [1.165, 1.54) is 5.56 Å². The molecule has 1 aliphatic rings. The van der Waals surface area contributed by atoms with Gasteiger partial charge in [0.1, 0.15) is 5.82 Å². The third-order valence-corrected chi connectivity index (χ3v) is 4.86. The molecule has 3 aromatic rings. The molecule has 3 heterocycles. The molecule has 0 unspecified atom stereocenters. The van der Waals surface area contributed by atoms with Gasteiger partial charge in [0.25, 0.3) is 0 Å². The molecule has 0 radical (unpaired) electrons. The Balaban J connectivity index is 1.42. The van der Waals surface area contributed by atoms with Crippen molar-refractivity contribution >= 4 is 17.2 Å². The summed E-state index contributed by atoms with van der Waals surface area (Å²) in [7, 11) is 0. The van der Waals surface area contributed by atoms with Gasteiger partial charge in [-0.25, -0.2) is 0 Å². The van der Waals surface area contributed by atoms with Gasteiger partial charge >= 0.3 is 0 Å². The zero-order valence-electron chi connectivity index (χ0n) is 12.9. The third kappa shape index (κ3) is 3.09. The smallest absolute Gasteiger partial charge is 0.160 e. The van der Waals surface area contributed by atoms with E-state index < -0.39 is 0 Å². The van der Waals surface area contributed by atoms with Gasteiger partial charge in [-0.15, -0.1) is 10.2 Å². The lowest BCUT2D eigenvalue weighted by Crippen LogP contribution is -2.33. The van der Waals surface area contributed by atoms with Crippen molar-refractivity contribution in [3.8, 4) is 0 Å². The average Bonchev–Trinajstić information content (AvgIpc) is 3.02. The molecule has 0 aliphatic carbocycles. The summed E-state index contributed by atoms with van der Waals surface area (Å²) < 4.78 is 2.12. The molecule has 0 bridgehead atoms. The Kier molecular flexibility index (Phi) is 4.02. The maximum atomic E-state index is 5.95. The maximum absolute atomic E-state index is 5.95. The number of piperidine rings is 1. The first kappa shape index (κ1) is 14.7. The summed E-state index contributed by atoms with van der Waals surface area (Å²) in [5.41, 5.74) is 2.26. The first-order valence-corrected chi connectivity index (χ1v) is 8.44. The number of pyridine rings is 1. The molecule has 118 valence electrons. The summed E-state index contributed by atoms with van der Waals surface area (Å²) in [6.07, 6.45) is 4.32. The number of halogens is 1. The fourth-order valence-electron chi connectivity index (χ4n) is 3.34. The van der Waals surface area contributed by atoms with E-state index in [1.807, 2.05) is 30.3 Å². The van der Waals surface area contributed by atoms with E-state index in [0.29, 0.717) is 5.92 Å². The molecule has 1 aromatic carbocycles. The number of benzene rings is 1. The van der Waals surface area contributed by atoms with Gasteiger partial charge in [-0.05, 0) is 55.8 Å². The van der Waals surface area contributed by atoms with Crippen molar-refractivity contribution in [3.05, 3.63) is 65.1 Å². The van der Waals surface area contributed by atoms with E-state index in [2.05, 4.69) is 37.8 Å². The second-order valence-corrected chi connectivity index (χ2v) is 6.60. The SMILES string of the molecule is Clc1ccc(CN2CCC(c3nnc4ccccn34)CC2)cc1. The zero-order chi connectivity index (χ0) is 15.6. The molecule has 0 saturated carbocycles. The Bertz CT molecular complexity index is 788. The first-order chi connectivity index (χ1) is 11.3. The minimum atomic E-state index is 0.494. The van der Waals surface area contributed by atoms with Crippen LogP contribution in [0.3, 0.4) is 0 Å². The number of fused-ring (bicyclic) bond motifs is 1. The molecule has 23 heavy (non-hydrogen) atoms. The van der Waals surface area contributed by atoms with Crippen molar-refractivity contribution in [2.45, 2.75) is 25.3 Å². The van der Waals surface area contributed by atoms with Gasteiger partial charge in [0.2, 0.25) is 0 Å². The number of rotatable bonds is 3. The molecule has 1 saturated heterocycles. The summed E-state index contributed by atoms with van der Waals surface area (Å²) >= 11 is 5.95.